The van der Waals surface area contributed by atoms with Gasteiger partial charge < -0.3 is 9.80 Å². The van der Waals surface area contributed by atoms with Crippen LogP contribution < -0.4 is 9.80 Å². The summed E-state index contributed by atoms with van der Waals surface area (Å²) in [7, 11) is 0. The van der Waals surface area contributed by atoms with Crippen molar-refractivity contribution in [2.45, 2.75) is 46.2 Å². The van der Waals surface area contributed by atoms with E-state index in [2.05, 4.69) is 89.7 Å². The quantitative estimate of drug-likeness (QED) is 0.656. The summed E-state index contributed by atoms with van der Waals surface area (Å²) in [5.74, 6) is 1.03. The Morgan fingerprint density at radius 3 is 2.50 bits per heavy atom. The van der Waals surface area contributed by atoms with Crippen LogP contribution in [-0.4, -0.2) is 46.4 Å². The monoisotopic (exact) mass is 405 g/mol. The number of aryl methyl sites for hydroxylation is 3. The number of hydrogen-bond donors (Lipinski definition) is 1. The van der Waals surface area contributed by atoms with Crippen molar-refractivity contribution in [1.29, 1.82) is 0 Å². The summed E-state index contributed by atoms with van der Waals surface area (Å²) in [6, 6.07) is 17.5. The molecular formula is C24H33N6+. The van der Waals surface area contributed by atoms with Crippen LogP contribution in [0.2, 0.25) is 0 Å². The first-order chi connectivity index (χ1) is 14.7. The third-order valence-electron chi connectivity index (χ3n) is 6.55. The van der Waals surface area contributed by atoms with Gasteiger partial charge in [-0.3, -0.25) is 0 Å². The van der Waals surface area contributed by atoms with Crippen LogP contribution in [0.3, 0.4) is 0 Å². The van der Waals surface area contributed by atoms with E-state index in [-0.39, 0.29) is 0 Å². The Bertz CT molecular complexity index is 943. The second-order valence-corrected chi connectivity index (χ2v) is 8.32. The van der Waals surface area contributed by atoms with Crippen molar-refractivity contribution in [2.24, 2.45) is 0 Å². The number of aromatic nitrogens is 4. The molecule has 0 spiro atoms. The lowest BCUT2D eigenvalue weighted by atomic mass is 10.1. The van der Waals surface area contributed by atoms with Gasteiger partial charge in [-0.2, -0.15) is 0 Å². The van der Waals surface area contributed by atoms with Crippen LogP contribution in [0.15, 0.2) is 48.5 Å². The molecule has 0 saturated carbocycles. The molecule has 0 aliphatic carbocycles. The topological polar surface area (TPSA) is 51.3 Å². The highest BCUT2D eigenvalue weighted by atomic mass is 15.5. The van der Waals surface area contributed by atoms with Crippen LogP contribution in [0.5, 0.6) is 0 Å². The number of tetrazole rings is 1. The van der Waals surface area contributed by atoms with Gasteiger partial charge in [0.1, 0.15) is 6.04 Å². The summed E-state index contributed by atoms with van der Waals surface area (Å²) in [6.07, 6.45) is 2.00. The third kappa shape index (κ3) is 4.38. The van der Waals surface area contributed by atoms with Gasteiger partial charge in [-0.05, 0) is 53.5 Å². The normalized spacial score (nSPS) is 16.0. The smallest absolute Gasteiger partial charge is 0.209 e. The Kier molecular flexibility index (Phi) is 6.43. The molecule has 3 aromatic rings. The molecule has 0 unspecified atom stereocenters. The first kappa shape index (κ1) is 20.5. The summed E-state index contributed by atoms with van der Waals surface area (Å²) in [4.78, 5) is 4.13. The van der Waals surface area contributed by atoms with E-state index in [9.17, 15) is 0 Å². The SMILES string of the molecule is CC[C@H](c1nnnn1CCc1ccccc1)[NH+]1CCN(c2cccc(C)c2C)CC1. The Labute approximate surface area is 179 Å². The van der Waals surface area contributed by atoms with Crippen molar-refractivity contribution in [3.63, 3.8) is 0 Å². The summed E-state index contributed by atoms with van der Waals surface area (Å²) in [5, 5.41) is 12.8. The van der Waals surface area contributed by atoms with Gasteiger partial charge in [-0.15, -0.1) is 5.10 Å². The van der Waals surface area contributed by atoms with Gasteiger partial charge >= 0.3 is 0 Å². The van der Waals surface area contributed by atoms with E-state index in [1.165, 1.54) is 22.4 Å². The Morgan fingerprint density at radius 1 is 1.00 bits per heavy atom. The highest BCUT2D eigenvalue weighted by Crippen LogP contribution is 2.23. The maximum absolute atomic E-state index is 4.45. The molecule has 1 N–H and O–H groups in total. The molecule has 1 fully saturated rings. The standard InChI is InChI=1S/C24H32N6/c1-4-22(24-25-26-27-30(24)14-13-21-10-6-5-7-11-21)28-15-17-29(18-16-28)23-12-8-9-19(2)20(23)3/h5-12,22H,4,13-18H2,1-3H3/p+1/t22-/m1/s1. The minimum atomic E-state index is 0.344. The fourth-order valence-electron chi connectivity index (χ4n) is 4.62. The first-order valence-electron chi connectivity index (χ1n) is 11.1. The predicted octanol–water partition coefficient (Wildman–Crippen LogP) is 2.39. The summed E-state index contributed by atoms with van der Waals surface area (Å²) >= 11 is 0. The summed E-state index contributed by atoms with van der Waals surface area (Å²) in [6.45, 7) is 11.9. The number of piperazine rings is 1. The average Bonchev–Trinajstić information content (AvgIpc) is 3.24. The molecule has 1 aromatic heterocycles. The molecule has 1 aliphatic heterocycles. The van der Waals surface area contributed by atoms with Crippen molar-refractivity contribution in [1.82, 2.24) is 20.2 Å². The van der Waals surface area contributed by atoms with Crippen LogP contribution in [0.25, 0.3) is 0 Å². The van der Waals surface area contributed by atoms with Gasteiger partial charge in [0.25, 0.3) is 0 Å². The highest BCUT2D eigenvalue weighted by Gasteiger charge is 2.31. The lowest BCUT2D eigenvalue weighted by Gasteiger charge is -2.37. The molecule has 158 valence electrons. The number of nitrogens with one attached hydrogen (secondary N) is 1. The van der Waals surface area contributed by atoms with Crippen LogP contribution in [-0.2, 0) is 13.0 Å². The number of benzene rings is 2. The lowest BCUT2D eigenvalue weighted by molar-refractivity contribution is -0.933. The number of anilines is 1. The average molecular weight is 406 g/mol. The van der Waals surface area contributed by atoms with Crippen LogP contribution >= 0.6 is 0 Å². The zero-order chi connectivity index (χ0) is 20.9. The van der Waals surface area contributed by atoms with Crippen molar-refractivity contribution < 1.29 is 4.90 Å². The fourth-order valence-corrected chi connectivity index (χ4v) is 4.62. The van der Waals surface area contributed by atoms with Crippen LogP contribution in [0.4, 0.5) is 5.69 Å². The van der Waals surface area contributed by atoms with Gasteiger partial charge in [0, 0.05) is 18.7 Å². The van der Waals surface area contributed by atoms with Gasteiger partial charge in [-0.1, -0.05) is 49.4 Å². The van der Waals surface area contributed by atoms with Crippen molar-refractivity contribution >= 4 is 5.69 Å². The molecular weight excluding hydrogens is 372 g/mol. The van der Waals surface area contributed by atoms with E-state index in [1.54, 1.807) is 4.90 Å². The maximum atomic E-state index is 4.45. The maximum Gasteiger partial charge on any atom is 0.209 e. The third-order valence-corrected chi connectivity index (χ3v) is 6.55. The zero-order valence-corrected chi connectivity index (χ0v) is 18.4. The van der Waals surface area contributed by atoms with Gasteiger partial charge in [-0.25, -0.2) is 4.68 Å². The molecule has 4 rings (SSSR count). The Balaban J connectivity index is 1.42. The molecule has 0 amide bonds. The zero-order valence-electron chi connectivity index (χ0n) is 18.4. The second kappa shape index (κ2) is 9.39. The minimum Gasteiger partial charge on any atom is -0.360 e. The van der Waals surface area contributed by atoms with E-state index in [0.29, 0.717) is 6.04 Å². The molecule has 0 bridgehead atoms. The molecule has 2 heterocycles. The van der Waals surface area contributed by atoms with E-state index in [4.69, 9.17) is 0 Å². The minimum absolute atomic E-state index is 0.344. The van der Waals surface area contributed by atoms with E-state index >= 15 is 0 Å². The number of quaternary nitrogens is 1. The van der Waals surface area contributed by atoms with Gasteiger partial charge in [0.15, 0.2) is 0 Å². The lowest BCUT2D eigenvalue weighted by Crippen LogP contribution is -3.15. The van der Waals surface area contributed by atoms with E-state index in [0.717, 1.165) is 51.4 Å². The molecule has 6 heteroatoms. The first-order valence-corrected chi connectivity index (χ1v) is 11.1. The van der Waals surface area contributed by atoms with E-state index in [1.807, 2.05) is 4.68 Å². The highest BCUT2D eigenvalue weighted by molar-refractivity contribution is 5.56. The molecule has 0 radical (unpaired) electrons. The van der Waals surface area contributed by atoms with Crippen LogP contribution in [0, 0.1) is 13.8 Å². The predicted molar refractivity (Wildman–Crippen MR) is 120 cm³/mol. The van der Waals surface area contributed by atoms with Crippen molar-refractivity contribution in [2.75, 3.05) is 31.1 Å². The Hall–Kier alpha value is -2.73. The van der Waals surface area contributed by atoms with Crippen molar-refractivity contribution in [3.8, 4) is 0 Å². The van der Waals surface area contributed by atoms with Gasteiger partial charge in [0.05, 0.1) is 26.2 Å². The largest absolute Gasteiger partial charge is 0.360 e. The number of rotatable bonds is 7. The molecule has 30 heavy (non-hydrogen) atoms. The number of hydrogen-bond acceptors (Lipinski definition) is 4. The molecule has 6 nitrogen and oxygen atoms in total. The number of nitrogens with zero attached hydrogens (tertiary/aromatic N) is 5. The fraction of sp³-hybridized carbons (Fsp3) is 0.458. The van der Waals surface area contributed by atoms with E-state index < -0.39 is 0 Å². The summed E-state index contributed by atoms with van der Waals surface area (Å²) < 4.78 is 2.02. The van der Waals surface area contributed by atoms with Crippen LogP contribution in [0.1, 0.15) is 41.9 Å². The summed E-state index contributed by atoms with van der Waals surface area (Å²) in [5.41, 5.74) is 5.47. The second-order valence-electron chi connectivity index (χ2n) is 8.32. The molecule has 1 atom stereocenters. The Morgan fingerprint density at radius 2 is 1.77 bits per heavy atom. The van der Waals surface area contributed by atoms with Gasteiger partial charge in [0.2, 0.25) is 5.82 Å². The molecule has 2 aromatic carbocycles. The molecule has 1 saturated heterocycles. The van der Waals surface area contributed by atoms with Crippen molar-refractivity contribution in [3.05, 3.63) is 71.0 Å². The molecule has 1 aliphatic rings.